The molecule has 0 rings (SSSR count). The fourth-order valence-corrected chi connectivity index (χ4v) is 5.84. The molecular formula is H4BeO14P2W2. The maximum absolute atomic E-state index is 9.57. The average Bonchev–Trinajstić information content (AvgIpc) is 1.64. The molecule has 0 bridgehead atoms. The molecule has 0 aliphatic rings. The Morgan fingerprint density at radius 2 is 0.895 bits per heavy atom. The zero-order chi connectivity index (χ0) is 15.4. The summed E-state index contributed by atoms with van der Waals surface area (Å²) in [6, 6.07) is 0. The zero-order valence-electron chi connectivity index (χ0n) is 8.29. The molecular weight excluding hydrogens is 663 g/mol. The summed E-state index contributed by atoms with van der Waals surface area (Å²) >= 11 is -12.9. The summed E-state index contributed by atoms with van der Waals surface area (Å²) in [5, 5.41) is 0. The molecule has 0 aliphatic heterocycles. The summed E-state index contributed by atoms with van der Waals surface area (Å²) in [6.45, 7) is 0. The second kappa shape index (κ2) is 8.36. The van der Waals surface area contributed by atoms with E-state index in [2.05, 4.69) is 6.35 Å². The first-order valence-corrected chi connectivity index (χ1v) is 15.5. The third-order valence-corrected chi connectivity index (χ3v) is 9.25. The fraction of sp³-hybridized carbons (Fsp3) is 0. The van der Waals surface area contributed by atoms with E-state index in [1.807, 2.05) is 0 Å². The number of phosphoric acid groups is 2. The molecule has 0 saturated heterocycles. The maximum atomic E-state index is 9.57. The van der Waals surface area contributed by atoms with E-state index in [0.717, 1.165) is 0 Å². The predicted molar refractivity (Wildman–Crippen MR) is 34.8 cm³/mol. The maximum Gasteiger partial charge on any atom is 2.00 e. The Morgan fingerprint density at radius 3 is 0.895 bits per heavy atom. The average molecular weight is 667 g/mol. The van der Waals surface area contributed by atoms with Gasteiger partial charge in [0.25, 0.3) is 0 Å². The van der Waals surface area contributed by atoms with E-state index in [9.17, 15) is 30.2 Å². The molecule has 0 saturated carbocycles. The molecule has 0 fully saturated rings. The van der Waals surface area contributed by atoms with E-state index < -0.39 is 49.1 Å². The van der Waals surface area contributed by atoms with Crippen molar-refractivity contribution in [2.75, 3.05) is 0 Å². The van der Waals surface area contributed by atoms with Crippen molar-refractivity contribution in [3.05, 3.63) is 0 Å². The van der Waals surface area contributed by atoms with E-state index in [1.54, 1.807) is 0 Å². The van der Waals surface area contributed by atoms with E-state index >= 15 is 0 Å². The van der Waals surface area contributed by atoms with E-state index in [-0.39, 0.29) is 10.1 Å². The van der Waals surface area contributed by atoms with Gasteiger partial charge in [0.05, 0.1) is 0 Å². The van der Waals surface area contributed by atoms with Gasteiger partial charge in [0.1, 0.15) is 0 Å². The standard InChI is InChI=1S/Be.2H3O4P.6O.2W/c;2*1-5(2,3)4;;;;;;;;/h;2*(H3,1,2,3,4);;;;;;;;/q+2;;;;;;;2*-1;2*+1/p-2. The van der Waals surface area contributed by atoms with Gasteiger partial charge in [-0.2, -0.15) is 0 Å². The van der Waals surface area contributed by atoms with Crippen molar-refractivity contribution in [2.45, 2.75) is 0 Å². The Balaban J connectivity index is -0.000000256. The van der Waals surface area contributed by atoms with Crippen LogP contribution < -0.4 is 7.52 Å². The summed E-state index contributed by atoms with van der Waals surface area (Å²) in [7, 11) is -10.3. The van der Waals surface area contributed by atoms with Crippen molar-refractivity contribution in [1.82, 2.24) is 0 Å². The Morgan fingerprint density at radius 1 is 0.737 bits per heavy atom. The van der Waals surface area contributed by atoms with Crippen LogP contribution in [0.1, 0.15) is 0 Å². The van der Waals surface area contributed by atoms with Gasteiger partial charge < -0.3 is 0 Å². The monoisotopic (exact) mass is 667 g/mol. The molecule has 0 heterocycles. The van der Waals surface area contributed by atoms with E-state index in [0.29, 0.717) is 0 Å². The van der Waals surface area contributed by atoms with Crippen LogP contribution in [0.25, 0.3) is 0 Å². The molecule has 19 heavy (non-hydrogen) atoms. The van der Waals surface area contributed by atoms with Crippen LogP contribution >= 0.6 is 15.6 Å². The molecule has 0 spiro atoms. The molecule has 4 N–H and O–H groups in total. The first-order chi connectivity index (χ1) is 7.41. The van der Waals surface area contributed by atoms with Crippen molar-refractivity contribution in [3.8, 4) is 0 Å². The van der Waals surface area contributed by atoms with Crippen LogP contribution in [0.4, 0.5) is 0 Å². The fourth-order valence-electron chi connectivity index (χ4n) is 0.238. The van der Waals surface area contributed by atoms with Gasteiger partial charge in [-0.25, -0.2) is 0 Å². The first-order valence-electron chi connectivity index (χ1n) is 2.86. The minimum atomic E-state index is -6.44. The SMILES string of the molecule is O=P(O)(O)[O][W](=[O])(=[O])[O-].O=P(O)(O)[O][W](=[O])(=[O])[O-].[Be+2]. The third-order valence-electron chi connectivity index (χ3n) is 0.377. The zero-order valence-corrected chi connectivity index (χ0v) is 15.9. The van der Waals surface area contributed by atoms with Gasteiger partial charge >= 0.3 is 115 Å². The normalized spacial score (nSPS) is 12.9. The quantitative estimate of drug-likeness (QED) is 0.165. The Bertz CT molecular complexity index is 488. The van der Waals surface area contributed by atoms with E-state index in [4.69, 9.17) is 19.6 Å². The molecule has 19 heteroatoms. The molecule has 0 radical (unpaired) electrons. The van der Waals surface area contributed by atoms with Gasteiger partial charge in [-0.15, -0.1) is 0 Å². The number of hydrogen-bond donors (Lipinski definition) is 4. The molecule has 0 aromatic rings. The Kier molecular flexibility index (Phi) is 10.9. The van der Waals surface area contributed by atoms with Crippen LogP contribution in [0.2, 0.25) is 0 Å². The van der Waals surface area contributed by atoms with Gasteiger partial charge in [-0.1, -0.05) is 0 Å². The predicted octanol–water partition coefficient (Wildman–Crippen LogP) is -4.12. The smallest absolute Gasteiger partial charge is 2.00 e. The first kappa shape index (κ1) is 24.9. The van der Waals surface area contributed by atoms with Crippen molar-refractivity contribution >= 4 is 25.8 Å². The Hall–Kier alpha value is 0.885. The molecule has 0 atom stereocenters. The van der Waals surface area contributed by atoms with Crippen molar-refractivity contribution in [2.24, 2.45) is 0 Å². The van der Waals surface area contributed by atoms with Gasteiger partial charge in [0, 0.05) is 0 Å². The summed E-state index contributed by atoms with van der Waals surface area (Å²) in [6.07, 6.45) is 0. The summed E-state index contributed by atoms with van der Waals surface area (Å²) in [5.41, 5.74) is 0. The van der Waals surface area contributed by atoms with Gasteiger partial charge in [0.15, 0.2) is 0 Å². The van der Waals surface area contributed by atoms with Gasteiger partial charge in [-0.05, 0) is 0 Å². The number of rotatable bonds is 4. The van der Waals surface area contributed by atoms with Crippen LogP contribution in [-0.4, -0.2) is 29.7 Å². The molecule has 14 nitrogen and oxygen atoms in total. The molecule has 112 valence electrons. The van der Waals surface area contributed by atoms with Crippen molar-refractivity contribution < 1.29 is 89.7 Å². The molecule has 0 aromatic carbocycles. The van der Waals surface area contributed by atoms with Crippen LogP contribution in [0.5, 0.6) is 0 Å². The summed E-state index contributed by atoms with van der Waals surface area (Å²) in [5.74, 6) is 0. The minimum absolute atomic E-state index is 0. The molecule has 0 unspecified atom stereocenters. The second-order valence-corrected chi connectivity index (χ2v) is 13.3. The molecule has 0 aromatic heterocycles. The molecule has 0 amide bonds. The van der Waals surface area contributed by atoms with Crippen LogP contribution in [-0.2, 0) is 62.6 Å². The summed E-state index contributed by atoms with van der Waals surface area (Å²) < 4.78 is 81.8. The summed E-state index contributed by atoms with van der Waals surface area (Å²) in [4.78, 5) is 30.8. The van der Waals surface area contributed by atoms with E-state index in [1.165, 1.54) is 0 Å². The van der Waals surface area contributed by atoms with Crippen LogP contribution in [0.15, 0.2) is 0 Å². The van der Waals surface area contributed by atoms with Crippen LogP contribution in [0, 0.1) is 0 Å². The van der Waals surface area contributed by atoms with Crippen LogP contribution in [0.3, 0.4) is 0 Å². The second-order valence-electron chi connectivity index (χ2n) is 1.95. The minimum Gasteiger partial charge on any atom is 2.00 e. The molecule has 0 aliphatic carbocycles. The number of hydrogen-bond acceptors (Lipinski definition) is 10. The van der Waals surface area contributed by atoms with Crippen molar-refractivity contribution in [1.29, 1.82) is 0 Å². The van der Waals surface area contributed by atoms with Crippen molar-refractivity contribution in [3.63, 3.8) is 0 Å². The largest absolute Gasteiger partial charge is 2.00 e. The van der Waals surface area contributed by atoms with Gasteiger partial charge in [0.2, 0.25) is 0 Å². The Labute approximate surface area is 115 Å². The van der Waals surface area contributed by atoms with Gasteiger partial charge in [-0.3, -0.25) is 0 Å². The topological polar surface area (TPSA) is 248 Å². The third kappa shape index (κ3) is 32.4.